The van der Waals surface area contributed by atoms with Gasteiger partial charge in [0.1, 0.15) is 17.8 Å². The molecule has 0 bridgehead atoms. The number of benzene rings is 1. The minimum atomic E-state index is -1.11. The largest absolute Gasteiger partial charge is 0.444 e. The minimum Gasteiger partial charge on any atom is -0.444 e. The van der Waals surface area contributed by atoms with E-state index in [9.17, 15) is 15.0 Å². The van der Waals surface area contributed by atoms with Gasteiger partial charge in [0.05, 0.1) is 0 Å². The van der Waals surface area contributed by atoms with Gasteiger partial charge in [-0.15, -0.1) is 11.3 Å². The lowest BCUT2D eigenvalue weighted by Gasteiger charge is -2.21. The number of aliphatic hydroxyl groups excluding tert-OH is 2. The van der Waals surface area contributed by atoms with Crippen molar-refractivity contribution in [2.75, 3.05) is 6.54 Å². The van der Waals surface area contributed by atoms with E-state index in [1.54, 1.807) is 20.8 Å². The van der Waals surface area contributed by atoms with E-state index in [1.807, 2.05) is 41.8 Å². The lowest BCUT2D eigenvalue weighted by atomic mass is 10.1. The fourth-order valence-electron chi connectivity index (χ4n) is 2.09. The zero-order chi connectivity index (χ0) is 17.7. The van der Waals surface area contributed by atoms with Crippen molar-refractivity contribution in [3.8, 4) is 11.1 Å². The average Bonchev–Trinajstić information content (AvgIpc) is 3.01. The van der Waals surface area contributed by atoms with Crippen molar-refractivity contribution in [2.45, 2.75) is 38.6 Å². The van der Waals surface area contributed by atoms with E-state index in [1.165, 1.54) is 11.3 Å². The first-order valence-electron chi connectivity index (χ1n) is 7.73. The highest BCUT2D eigenvalue weighted by atomic mass is 32.1. The first kappa shape index (κ1) is 18.4. The Hall–Kier alpha value is -1.89. The SMILES string of the molecule is CC(C)(C)OC(=O)NCC(O)C(O)c1cc(-c2ccccc2)cs1. The second-order valence-corrected chi connectivity index (χ2v) is 7.44. The quantitative estimate of drug-likeness (QED) is 0.774. The number of thiophene rings is 1. The third-order valence-electron chi connectivity index (χ3n) is 3.24. The Kier molecular flexibility index (Phi) is 5.99. The number of nitrogens with one attached hydrogen (secondary N) is 1. The topological polar surface area (TPSA) is 78.8 Å². The number of rotatable bonds is 5. The number of ether oxygens (including phenoxy) is 1. The minimum absolute atomic E-state index is 0.0886. The van der Waals surface area contributed by atoms with Crippen molar-refractivity contribution in [3.05, 3.63) is 46.7 Å². The lowest BCUT2D eigenvalue weighted by molar-refractivity contribution is 0.0146. The number of carbonyl (C=O) groups is 1. The van der Waals surface area contributed by atoms with Crippen LogP contribution >= 0.6 is 11.3 Å². The molecule has 0 aliphatic rings. The van der Waals surface area contributed by atoms with Crippen molar-refractivity contribution >= 4 is 17.4 Å². The van der Waals surface area contributed by atoms with Crippen molar-refractivity contribution in [1.29, 1.82) is 0 Å². The van der Waals surface area contributed by atoms with Crippen molar-refractivity contribution in [1.82, 2.24) is 5.32 Å². The second-order valence-electron chi connectivity index (χ2n) is 6.50. The van der Waals surface area contributed by atoms with Gasteiger partial charge in [0.25, 0.3) is 0 Å². The van der Waals surface area contributed by atoms with Crippen LogP contribution in [0, 0.1) is 0 Å². The molecule has 2 atom stereocenters. The molecular weight excluding hydrogens is 326 g/mol. The maximum atomic E-state index is 11.6. The molecule has 2 aromatic rings. The Balaban J connectivity index is 1.93. The molecule has 1 heterocycles. The van der Waals surface area contributed by atoms with E-state index in [2.05, 4.69) is 5.32 Å². The first-order chi connectivity index (χ1) is 11.3. The summed E-state index contributed by atoms with van der Waals surface area (Å²) in [4.78, 5) is 12.2. The van der Waals surface area contributed by atoms with Gasteiger partial charge in [-0.1, -0.05) is 30.3 Å². The van der Waals surface area contributed by atoms with Gasteiger partial charge < -0.3 is 20.3 Å². The molecule has 0 spiro atoms. The Bertz CT molecular complexity index is 663. The molecule has 6 heteroatoms. The number of carbonyl (C=O) groups excluding carboxylic acids is 1. The van der Waals surface area contributed by atoms with Gasteiger partial charge in [-0.2, -0.15) is 0 Å². The Morgan fingerprint density at radius 3 is 2.50 bits per heavy atom. The van der Waals surface area contributed by atoms with Crippen LogP contribution in [-0.4, -0.2) is 34.6 Å². The van der Waals surface area contributed by atoms with Gasteiger partial charge in [-0.3, -0.25) is 0 Å². The van der Waals surface area contributed by atoms with Crippen LogP contribution in [-0.2, 0) is 4.74 Å². The Morgan fingerprint density at radius 1 is 1.21 bits per heavy atom. The van der Waals surface area contributed by atoms with Gasteiger partial charge >= 0.3 is 6.09 Å². The Labute approximate surface area is 145 Å². The summed E-state index contributed by atoms with van der Waals surface area (Å²) in [5, 5.41) is 24.7. The van der Waals surface area contributed by atoms with Crippen LogP contribution in [0.25, 0.3) is 11.1 Å². The van der Waals surface area contributed by atoms with E-state index in [0.29, 0.717) is 4.88 Å². The molecule has 3 N–H and O–H groups in total. The van der Waals surface area contributed by atoms with E-state index in [4.69, 9.17) is 4.74 Å². The fourth-order valence-corrected chi connectivity index (χ4v) is 3.05. The highest BCUT2D eigenvalue weighted by molar-refractivity contribution is 7.10. The molecule has 2 rings (SSSR count). The van der Waals surface area contributed by atoms with Crippen molar-refractivity contribution in [3.63, 3.8) is 0 Å². The monoisotopic (exact) mass is 349 g/mol. The fraction of sp³-hybridized carbons (Fsp3) is 0.389. The van der Waals surface area contributed by atoms with Crippen molar-refractivity contribution in [2.24, 2.45) is 0 Å². The molecule has 130 valence electrons. The smallest absolute Gasteiger partial charge is 0.407 e. The highest BCUT2D eigenvalue weighted by Crippen LogP contribution is 2.30. The van der Waals surface area contributed by atoms with Crippen LogP contribution in [0.1, 0.15) is 31.8 Å². The number of aliphatic hydroxyl groups is 2. The lowest BCUT2D eigenvalue weighted by Crippen LogP contribution is -2.38. The number of amides is 1. The summed E-state index contributed by atoms with van der Waals surface area (Å²) in [6.45, 7) is 5.19. The number of hydrogen-bond acceptors (Lipinski definition) is 5. The van der Waals surface area contributed by atoms with E-state index < -0.39 is 23.9 Å². The maximum Gasteiger partial charge on any atom is 0.407 e. The normalized spacial score (nSPS) is 14.0. The average molecular weight is 349 g/mol. The van der Waals surface area contributed by atoms with Gasteiger partial charge in [-0.05, 0) is 43.3 Å². The molecule has 0 fully saturated rings. The Morgan fingerprint density at radius 2 is 1.88 bits per heavy atom. The molecule has 0 aliphatic carbocycles. The summed E-state index contributed by atoms with van der Waals surface area (Å²) >= 11 is 1.37. The molecule has 0 saturated carbocycles. The van der Waals surface area contributed by atoms with Crippen LogP contribution < -0.4 is 5.32 Å². The zero-order valence-electron chi connectivity index (χ0n) is 14.0. The van der Waals surface area contributed by atoms with Gasteiger partial charge in [0.2, 0.25) is 0 Å². The van der Waals surface area contributed by atoms with Gasteiger partial charge in [-0.25, -0.2) is 4.79 Å². The molecule has 0 saturated heterocycles. The molecule has 24 heavy (non-hydrogen) atoms. The molecule has 1 aromatic carbocycles. The van der Waals surface area contributed by atoms with E-state index in [-0.39, 0.29) is 6.54 Å². The zero-order valence-corrected chi connectivity index (χ0v) is 14.8. The third-order valence-corrected chi connectivity index (χ3v) is 4.24. The summed E-state index contributed by atoms with van der Waals surface area (Å²) in [5.41, 5.74) is 1.43. The summed E-state index contributed by atoms with van der Waals surface area (Å²) in [6.07, 6.45) is -2.80. The number of alkyl carbamates (subject to hydrolysis) is 1. The number of hydrogen-bond donors (Lipinski definition) is 3. The second kappa shape index (κ2) is 7.79. The van der Waals surface area contributed by atoms with Crippen molar-refractivity contribution < 1.29 is 19.7 Å². The summed E-state index contributed by atoms with van der Waals surface area (Å²) in [7, 11) is 0. The summed E-state index contributed by atoms with van der Waals surface area (Å²) < 4.78 is 5.10. The molecule has 2 unspecified atom stereocenters. The highest BCUT2D eigenvalue weighted by Gasteiger charge is 2.22. The maximum absolute atomic E-state index is 11.6. The molecule has 0 radical (unpaired) electrons. The van der Waals surface area contributed by atoms with Gasteiger partial charge in [0.15, 0.2) is 0 Å². The van der Waals surface area contributed by atoms with Crippen LogP contribution in [0.3, 0.4) is 0 Å². The molecular formula is C18H23NO4S. The van der Waals surface area contributed by atoms with Gasteiger partial charge in [0, 0.05) is 11.4 Å². The van der Waals surface area contributed by atoms with Crippen LogP contribution in [0.5, 0.6) is 0 Å². The van der Waals surface area contributed by atoms with Crippen LogP contribution in [0.2, 0.25) is 0 Å². The van der Waals surface area contributed by atoms with E-state index >= 15 is 0 Å². The predicted molar refractivity (Wildman–Crippen MR) is 95.0 cm³/mol. The molecule has 1 aromatic heterocycles. The molecule has 0 aliphatic heterocycles. The first-order valence-corrected chi connectivity index (χ1v) is 8.61. The van der Waals surface area contributed by atoms with E-state index in [0.717, 1.165) is 11.1 Å². The summed E-state index contributed by atoms with van der Waals surface area (Å²) in [6, 6.07) is 11.7. The predicted octanol–water partition coefficient (Wildman–Crippen LogP) is 3.33. The third kappa shape index (κ3) is 5.33. The van der Waals surface area contributed by atoms with Crippen LogP contribution in [0.15, 0.2) is 41.8 Å². The van der Waals surface area contributed by atoms with Crippen LogP contribution in [0.4, 0.5) is 4.79 Å². The summed E-state index contributed by atoms with van der Waals surface area (Å²) in [5.74, 6) is 0. The standard InChI is InChI=1S/C18H23NO4S/c1-18(2,3)23-17(22)19-10-14(20)16(21)15-9-13(11-24-15)12-7-5-4-6-8-12/h4-9,11,14,16,20-21H,10H2,1-3H3,(H,19,22). The molecule has 1 amide bonds. The molecule has 5 nitrogen and oxygen atoms in total.